The minimum atomic E-state index is -4.81. The summed E-state index contributed by atoms with van der Waals surface area (Å²) in [7, 11) is 0. The van der Waals surface area contributed by atoms with Gasteiger partial charge in [0.15, 0.2) is 12.4 Å². The van der Waals surface area contributed by atoms with E-state index >= 15 is 0 Å². The van der Waals surface area contributed by atoms with Gasteiger partial charge in [0, 0.05) is 35.5 Å². The van der Waals surface area contributed by atoms with Crippen LogP contribution in [0.25, 0.3) is 22.6 Å². The van der Waals surface area contributed by atoms with E-state index in [1.165, 1.54) is 36.7 Å². The maximum Gasteiger partial charge on any atom is 0.573 e. The first-order chi connectivity index (χ1) is 20.1. The number of carbonyl (C=O) groups is 1. The molecule has 220 valence electrons. The van der Waals surface area contributed by atoms with Crippen molar-refractivity contribution in [3.63, 3.8) is 0 Å². The molecule has 4 aromatic rings. The van der Waals surface area contributed by atoms with Crippen molar-refractivity contribution in [1.29, 1.82) is 0 Å². The molecule has 0 saturated heterocycles. The molecule has 1 saturated carbocycles. The van der Waals surface area contributed by atoms with Gasteiger partial charge in [0.1, 0.15) is 17.2 Å². The summed E-state index contributed by atoms with van der Waals surface area (Å²) >= 11 is 0. The Labute approximate surface area is 239 Å². The van der Waals surface area contributed by atoms with Crippen molar-refractivity contribution in [2.24, 2.45) is 0 Å². The zero-order valence-electron chi connectivity index (χ0n) is 22.9. The summed E-state index contributed by atoms with van der Waals surface area (Å²) in [6, 6.07) is 11.0. The van der Waals surface area contributed by atoms with Crippen molar-refractivity contribution in [2.75, 3.05) is 0 Å². The first kappa shape index (κ1) is 28.9. The van der Waals surface area contributed by atoms with Crippen LogP contribution >= 0.6 is 0 Å². The second-order valence-corrected chi connectivity index (χ2v) is 10.1. The molecule has 1 fully saturated rings. The van der Waals surface area contributed by atoms with Crippen molar-refractivity contribution in [3.05, 3.63) is 71.9 Å². The number of rotatable bonds is 12. The molecular weight excluding hydrogens is 555 g/mol. The van der Waals surface area contributed by atoms with E-state index in [9.17, 15) is 18.0 Å². The molecule has 0 unspecified atom stereocenters. The van der Waals surface area contributed by atoms with Crippen molar-refractivity contribution in [2.45, 2.75) is 64.5 Å². The smallest absolute Gasteiger partial charge is 0.484 e. The van der Waals surface area contributed by atoms with Crippen molar-refractivity contribution in [1.82, 2.24) is 15.0 Å². The summed E-state index contributed by atoms with van der Waals surface area (Å²) < 4.78 is 59.7. The topological polar surface area (TPSA) is 117 Å². The summed E-state index contributed by atoms with van der Waals surface area (Å²) in [5, 5.41) is 9.15. The Bertz CT molecular complexity index is 1530. The molecular formula is C30H28F3N3O6. The number of alkyl halides is 3. The van der Waals surface area contributed by atoms with Crippen molar-refractivity contribution < 1.29 is 41.7 Å². The molecule has 42 heavy (non-hydrogen) atoms. The van der Waals surface area contributed by atoms with Crippen LogP contribution in [0.1, 0.15) is 56.0 Å². The van der Waals surface area contributed by atoms with Gasteiger partial charge >= 0.3 is 18.3 Å². The highest BCUT2D eigenvalue weighted by Crippen LogP contribution is 2.46. The van der Waals surface area contributed by atoms with Crippen LogP contribution in [0.15, 0.2) is 59.3 Å². The lowest BCUT2D eigenvalue weighted by atomic mass is 9.98. The highest BCUT2D eigenvalue weighted by atomic mass is 19.4. The molecule has 2 heterocycles. The molecule has 0 amide bonds. The number of carboxylic acid groups (broad SMARTS) is 1. The monoisotopic (exact) mass is 583 g/mol. The third kappa shape index (κ3) is 7.36. The van der Waals surface area contributed by atoms with E-state index in [1.54, 1.807) is 0 Å². The maximum absolute atomic E-state index is 12.7. The van der Waals surface area contributed by atoms with E-state index < -0.39 is 12.3 Å². The number of nitrogens with zero attached hydrogens (tertiary/aromatic N) is 3. The molecule has 2 aromatic carbocycles. The number of benzene rings is 2. The van der Waals surface area contributed by atoms with Crippen LogP contribution in [0.2, 0.25) is 0 Å². The summed E-state index contributed by atoms with van der Waals surface area (Å²) in [6.07, 6.45) is 0.524. The van der Waals surface area contributed by atoms with Crippen LogP contribution in [0.3, 0.4) is 0 Å². The molecule has 1 aliphatic rings. The van der Waals surface area contributed by atoms with Gasteiger partial charge in [-0.05, 0) is 74.9 Å². The normalized spacial score (nSPS) is 13.3. The molecule has 0 spiro atoms. The van der Waals surface area contributed by atoms with E-state index in [0.29, 0.717) is 34.9 Å². The Balaban J connectivity index is 1.44. The molecule has 0 bridgehead atoms. The van der Waals surface area contributed by atoms with Gasteiger partial charge < -0.3 is 23.7 Å². The minimum absolute atomic E-state index is 0.0193. The number of hydrogen-bond acceptors (Lipinski definition) is 8. The van der Waals surface area contributed by atoms with Crippen molar-refractivity contribution >= 4 is 5.97 Å². The highest BCUT2D eigenvalue weighted by molar-refractivity contribution is 5.76. The Morgan fingerprint density at radius 2 is 1.79 bits per heavy atom. The van der Waals surface area contributed by atoms with Gasteiger partial charge in [-0.15, -0.1) is 13.2 Å². The Hall–Kier alpha value is -4.61. The highest BCUT2D eigenvalue weighted by Gasteiger charge is 2.31. The van der Waals surface area contributed by atoms with Gasteiger partial charge in [0.2, 0.25) is 5.89 Å². The van der Waals surface area contributed by atoms with Gasteiger partial charge in [-0.2, -0.15) is 0 Å². The molecule has 9 nitrogen and oxygen atoms in total. The van der Waals surface area contributed by atoms with Crippen LogP contribution in [0, 0.1) is 0 Å². The molecule has 0 radical (unpaired) electrons. The predicted molar refractivity (Wildman–Crippen MR) is 144 cm³/mol. The number of oxazole rings is 1. The average Bonchev–Trinajstić information content (AvgIpc) is 3.68. The fourth-order valence-corrected chi connectivity index (χ4v) is 4.49. The lowest BCUT2D eigenvalue weighted by molar-refractivity contribution is -0.274. The van der Waals surface area contributed by atoms with Gasteiger partial charge in [-0.25, -0.2) is 15.0 Å². The summed E-state index contributed by atoms with van der Waals surface area (Å²) in [6.45, 7) is 3.66. The molecule has 12 heteroatoms. The lowest BCUT2D eigenvalue weighted by Gasteiger charge is -2.14. The number of aryl methyl sites for hydroxylation is 1. The number of halogens is 3. The SMILES string of the molecule is CC(C)Oc1ncc(-c2nc(COc3cccc(CCC(=O)O)c3C3CC3)oc2-c2ccc(OC(F)(F)F)cc2)cn1. The van der Waals surface area contributed by atoms with Crippen LogP contribution in [0.5, 0.6) is 17.5 Å². The van der Waals surface area contributed by atoms with E-state index in [4.69, 9.17) is 19.0 Å². The molecule has 5 rings (SSSR count). The quantitative estimate of drug-likeness (QED) is 0.189. The van der Waals surface area contributed by atoms with Gasteiger partial charge in [0.05, 0.1) is 6.10 Å². The number of aliphatic carboxylic acids is 1. The second kappa shape index (κ2) is 12.1. The van der Waals surface area contributed by atoms with E-state index in [-0.39, 0.29) is 42.5 Å². The molecule has 0 aliphatic heterocycles. The first-order valence-corrected chi connectivity index (χ1v) is 13.4. The molecule has 1 aliphatic carbocycles. The minimum Gasteiger partial charge on any atom is -0.484 e. The Morgan fingerprint density at radius 3 is 2.40 bits per heavy atom. The molecule has 0 atom stereocenters. The van der Waals surface area contributed by atoms with Crippen molar-refractivity contribution in [3.8, 4) is 40.1 Å². The van der Waals surface area contributed by atoms with E-state index in [1.807, 2.05) is 32.0 Å². The summed E-state index contributed by atoms with van der Waals surface area (Å²) in [5.74, 6) is 0.205. The number of aromatic nitrogens is 3. The predicted octanol–water partition coefficient (Wildman–Crippen LogP) is 6.96. The first-order valence-electron chi connectivity index (χ1n) is 13.4. The van der Waals surface area contributed by atoms with Crippen LogP contribution in [-0.4, -0.2) is 38.5 Å². The lowest BCUT2D eigenvalue weighted by Crippen LogP contribution is -2.16. The van der Waals surface area contributed by atoms with Crippen LogP contribution < -0.4 is 14.2 Å². The summed E-state index contributed by atoms with van der Waals surface area (Å²) in [4.78, 5) is 24.2. The van der Waals surface area contributed by atoms with E-state index in [2.05, 4.69) is 19.7 Å². The largest absolute Gasteiger partial charge is 0.573 e. The zero-order valence-corrected chi connectivity index (χ0v) is 22.9. The third-order valence-electron chi connectivity index (χ3n) is 6.37. The molecule has 1 N–H and O–H groups in total. The number of hydrogen-bond donors (Lipinski definition) is 1. The standard InChI is InChI=1S/C30H28F3N3O6/c1-17(2)40-29-34-14-21(15-35-29)27-28(20-8-11-22(12-9-20)42-30(31,32)33)41-24(36-27)16-39-23-5-3-4-18(10-13-25(37)38)26(23)19-6-7-19/h3-5,8-9,11-12,14-15,17,19H,6-7,10,13,16H2,1-2H3,(H,37,38). The molecule has 2 aromatic heterocycles. The zero-order chi connectivity index (χ0) is 29.9. The van der Waals surface area contributed by atoms with Gasteiger partial charge in [-0.1, -0.05) is 12.1 Å². The maximum atomic E-state index is 12.7. The number of ether oxygens (including phenoxy) is 3. The van der Waals surface area contributed by atoms with Gasteiger partial charge in [0.25, 0.3) is 0 Å². The Kier molecular flexibility index (Phi) is 8.32. The van der Waals surface area contributed by atoms with E-state index in [0.717, 1.165) is 24.0 Å². The Morgan fingerprint density at radius 1 is 1.07 bits per heavy atom. The summed E-state index contributed by atoms with van der Waals surface area (Å²) in [5.41, 5.74) is 3.26. The van der Waals surface area contributed by atoms with Crippen LogP contribution in [0.4, 0.5) is 13.2 Å². The van der Waals surface area contributed by atoms with Crippen LogP contribution in [-0.2, 0) is 17.8 Å². The second-order valence-electron chi connectivity index (χ2n) is 10.1. The third-order valence-corrected chi connectivity index (χ3v) is 6.37. The fourth-order valence-electron chi connectivity index (χ4n) is 4.49. The fraction of sp³-hybridized carbons (Fsp3) is 0.333. The average molecular weight is 584 g/mol. The van der Waals surface area contributed by atoms with Gasteiger partial charge in [-0.3, -0.25) is 4.79 Å². The number of carboxylic acids is 1.